The van der Waals surface area contributed by atoms with Crippen LogP contribution in [0.15, 0.2) is 94.2 Å². The predicted octanol–water partition coefficient (Wildman–Crippen LogP) is 7.75. The minimum Gasteiger partial charge on any atom is -0.496 e. The van der Waals surface area contributed by atoms with Crippen LogP contribution in [0.25, 0.3) is 67.5 Å². The topological polar surface area (TPSA) is 230 Å². The van der Waals surface area contributed by atoms with Crippen molar-refractivity contribution in [3.8, 4) is 63.3 Å². The molecule has 310 valence electrons. The van der Waals surface area contributed by atoms with Gasteiger partial charge in [0, 0.05) is 33.0 Å². The molecule has 4 aromatic carbocycles. The molecule has 20 heteroatoms. The standard InChI is InChI=1S/C21H17N5O4.C20H15F3N4O4/c1-12(2)29-18-6-4-14(8-15(18)9-22)21-24-20(25-30-21)13-3-5-17-16(7-13)10-23-26(17)11-19(27)28;1-30-16-5-3-12(9-14(16)20(21,22)23)19-25-18(26-31-19)11-2-4-15-13(8-11)10-24-27(15)7-6-17(28)29/h3-8,10,12H,11H2,1-2H3,(H,27,28);2-5,8-10H,6-7H2,1H3,(H,28,29). The lowest BCUT2D eigenvalue weighted by molar-refractivity contribution is -0.139. The Kier molecular flexibility index (Phi) is 11.5. The molecule has 0 amide bonds. The molecule has 0 aliphatic rings. The van der Waals surface area contributed by atoms with E-state index in [1.165, 1.54) is 16.8 Å². The number of carboxylic acid groups (broad SMARTS) is 2. The molecule has 0 unspecified atom stereocenters. The molecule has 0 fully saturated rings. The summed E-state index contributed by atoms with van der Waals surface area (Å²) in [7, 11) is 1.16. The van der Waals surface area contributed by atoms with E-state index in [0.717, 1.165) is 29.5 Å². The third kappa shape index (κ3) is 9.15. The van der Waals surface area contributed by atoms with E-state index in [-0.39, 0.29) is 54.5 Å². The SMILES string of the molecule is CC(C)Oc1ccc(-c2nc(-c3ccc4c(cnn4CC(=O)O)c3)no2)cc1C#N.COc1ccc(-c2nc(-c3ccc4c(cnn4CCC(=O)O)c3)no2)cc1C(F)(F)F. The number of carboxylic acids is 2. The molecule has 4 heterocycles. The van der Waals surface area contributed by atoms with Crippen molar-refractivity contribution in [2.45, 2.75) is 45.6 Å². The number of methoxy groups -OCH3 is 1. The highest BCUT2D eigenvalue weighted by Gasteiger charge is 2.35. The van der Waals surface area contributed by atoms with Crippen molar-refractivity contribution in [3.63, 3.8) is 0 Å². The smallest absolute Gasteiger partial charge is 0.419 e. The van der Waals surface area contributed by atoms with Gasteiger partial charge in [0.2, 0.25) is 11.6 Å². The second kappa shape index (κ2) is 17.0. The Morgan fingerprint density at radius 1 is 0.770 bits per heavy atom. The van der Waals surface area contributed by atoms with Crippen LogP contribution in [0.2, 0.25) is 0 Å². The molecule has 8 aromatic rings. The number of ether oxygens (including phenoxy) is 2. The molecule has 0 aliphatic carbocycles. The van der Waals surface area contributed by atoms with Crippen molar-refractivity contribution in [1.82, 2.24) is 39.8 Å². The molecule has 17 nitrogen and oxygen atoms in total. The lowest BCUT2D eigenvalue weighted by Gasteiger charge is -2.12. The Balaban J connectivity index is 0.000000184. The molecule has 0 spiro atoms. The van der Waals surface area contributed by atoms with Crippen LogP contribution in [0.1, 0.15) is 31.4 Å². The van der Waals surface area contributed by atoms with Gasteiger partial charge in [-0.15, -0.1) is 0 Å². The van der Waals surface area contributed by atoms with Crippen LogP contribution in [0, 0.1) is 11.3 Å². The Bertz CT molecular complexity index is 2940. The van der Waals surface area contributed by atoms with Crippen LogP contribution in [-0.2, 0) is 28.9 Å². The Hall–Kier alpha value is -8.08. The zero-order valence-corrected chi connectivity index (χ0v) is 32.3. The van der Waals surface area contributed by atoms with E-state index in [1.807, 2.05) is 19.9 Å². The van der Waals surface area contributed by atoms with Gasteiger partial charge < -0.3 is 28.7 Å². The van der Waals surface area contributed by atoms with Crippen molar-refractivity contribution >= 4 is 33.7 Å². The number of aliphatic carboxylic acids is 2. The molecule has 0 aliphatic heterocycles. The van der Waals surface area contributed by atoms with Gasteiger partial charge in [-0.25, -0.2) is 0 Å². The quantitative estimate of drug-likeness (QED) is 0.120. The van der Waals surface area contributed by atoms with Gasteiger partial charge in [0.1, 0.15) is 24.1 Å². The highest BCUT2D eigenvalue weighted by molar-refractivity contribution is 5.85. The number of carbonyl (C=O) groups is 2. The van der Waals surface area contributed by atoms with Crippen LogP contribution in [0.4, 0.5) is 13.2 Å². The van der Waals surface area contributed by atoms with Gasteiger partial charge in [0.25, 0.3) is 11.8 Å². The first-order chi connectivity index (χ1) is 29.2. The number of benzene rings is 4. The monoisotopic (exact) mass is 835 g/mol. The van der Waals surface area contributed by atoms with Crippen LogP contribution in [0.3, 0.4) is 0 Å². The maximum Gasteiger partial charge on any atom is 0.419 e. The zero-order valence-electron chi connectivity index (χ0n) is 32.3. The minimum absolute atomic E-state index is 0.0484. The molecule has 2 N–H and O–H groups in total. The maximum absolute atomic E-state index is 13.3. The van der Waals surface area contributed by atoms with Gasteiger partial charge in [-0.3, -0.25) is 19.0 Å². The number of nitrogens with zero attached hydrogens (tertiary/aromatic N) is 9. The first-order valence-electron chi connectivity index (χ1n) is 18.2. The van der Waals surface area contributed by atoms with Crippen molar-refractivity contribution in [3.05, 3.63) is 96.3 Å². The summed E-state index contributed by atoms with van der Waals surface area (Å²) in [5, 5.41) is 44.9. The normalized spacial score (nSPS) is 11.4. The van der Waals surface area contributed by atoms with Gasteiger partial charge in [0.05, 0.1) is 60.7 Å². The number of rotatable bonds is 12. The van der Waals surface area contributed by atoms with Gasteiger partial charge in [-0.1, -0.05) is 10.3 Å². The summed E-state index contributed by atoms with van der Waals surface area (Å²) in [5.74, 6) is -0.917. The maximum atomic E-state index is 13.3. The average molecular weight is 836 g/mol. The summed E-state index contributed by atoms with van der Waals surface area (Å²) in [6.45, 7) is 3.79. The number of aromatic nitrogens is 8. The van der Waals surface area contributed by atoms with E-state index in [2.05, 4.69) is 36.5 Å². The van der Waals surface area contributed by atoms with E-state index in [0.29, 0.717) is 39.3 Å². The Morgan fingerprint density at radius 3 is 1.84 bits per heavy atom. The number of nitriles is 1. The van der Waals surface area contributed by atoms with E-state index in [4.69, 9.17) is 28.7 Å². The fourth-order valence-electron chi connectivity index (χ4n) is 6.17. The van der Waals surface area contributed by atoms with Gasteiger partial charge >= 0.3 is 18.1 Å². The van der Waals surface area contributed by atoms with Gasteiger partial charge in [-0.05, 0) is 86.6 Å². The molecule has 8 rings (SSSR count). The second-order valence-electron chi connectivity index (χ2n) is 13.5. The van der Waals surface area contributed by atoms with Crippen LogP contribution in [-0.4, -0.2) is 75.2 Å². The number of halogens is 3. The first-order valence-corrected chi connectivity index (χ1v) is 18.2. The summed E-state index contributed by atoms with van der Waals surface area (Å²) < 4.78 is 63.8. The lowest BCUT2D eigenvalue weighted by Crippen LogP contribution is -2.09. The summed E-state index contributed by atoms with van der Waals surface area (Å²) in [5.41, 5.74) is 2.86. The van der Waals surface area contributed by atoms with Crippen molar-refractivity contribution in [1.29, 1.82) is 5.26 Å². The van der Waals surface area contributed by atoms with Crippen LogP contribution >= 0.6 is 0 Å². The largest absolute Gasteiger partial charge is 0.496 e. The number of hydrogen-bond donors (Lipinski definition) is 2. The van der Waals surface area contributed by atoms with Crippen molar-refractivity contribution < 1.29 is 51.5 Å². The van der Waals surface area contributed by atoms with Crippen molar-refractivity contribution in [2.75, 3.05) is 7.11 Å². The third-order valence-corrected chi connectivity index (χ3v) is 8.94. The number of alkyl halides is 3. The fraction of sp³-hybridized carbons (Fsp3) is 0.195. The molecule has 4 aromatic heterocycles. The number of fused-ring (bicyclic) bond motifs is 2. The summed E-state index contributed by atoms with van der Waals surface area (Å²) in [6, 6.07) is 21.3. The summed E-state index contributed by atoms with van der Waals surface area (Å²) in [6.07, 6.45) is -1.53. The second-order valence-corrected chi connectivity index (χ2v) is 13.5. The molecule has 0 saturated heterocycles. The number of aryl methyl sites for hydroxylation is 1. The molecular weight excluding hydrogens is 804 g/mol. The fourth-order valence-corrected chi connectivity index (χ4v) is 6.17. The van der Waals surface area contributed by atoms with E-state index >= 15 is 0 Å². The zero-order chi connectivity index (χ0) is 43.4. The molecule has 0 atom stereocenters. The molecule has 0 saturated carbocycles. The Morgan fingerprint density at radius 2 is 1.31 bits per heavy atom. The van der Waals surface area contributed by atoms with Crippen LogP contribution in [0.5, 0.6) is 11.5 Å². The van der Waals surface area contributed by atoms with E-state index in [1.54, 1.807) is 65.6 Å². The summed E-state index contributed by atoms with van der Waals surface area (Å²) >= 11 is 0. The molecule has 0 bridgehead atoms. The average Bonchev–Trinajstić information content (AvgIpc) is 4.06. The van der Waals surface area contributed by atoms with Gasteiger partial charge in [0.15, 0.2) is 0 Å². The highest BCUT2D eigenvalue weighted by Crippen LogP contribution is 2.39. The van der Waals surface area contributed by atoms with E-state index in [9.17, 15) is 28.0 Å². The molecular formula is C41H32F3N9O8. The summed E-state index contributed by atoms with van der Waals surface area (Å²) in [4.78, 5) is 30.3. The minimum atomic E-state index is -4.60. The Labute approximate surface area is 342 Å². The lowest BCUT2D eigenvalue weighted by atomic mass is 10.1. The van der Waals surface area contributed by atoms with Crippen molar-refractivity contribution in [2.24, 2.45) is 0 Å². The number of hydrogen-bond acceptors (Lipinski definition) is 13. The highest BCUT2D eigenvalue weighted by atomic mass is 19.4. The van der Waals surface area contributed by atoms with Gasteiger partial charge in [-0.2, -0.15) is 38.6 Å². The molecule has 0 radical (unpaired) electrons. The van der Waals surface area contributed by atoms with E-state index < -0.39 is 23.7 Å². The predicted molar refractivity (Wildman–Crippen MR) is 209 cm³/mol. The molecule has 61 heavy (non-hydrogen) atoms. The first kappa shape index (κ1) is 41.1. The third-order valence-electron chi connectivity index (χ3n) is 8.94. The van der Waals surface area contributed by atoms with Crippen LogP contribution < -0.4 is 9.47 Å².